The van der Waals surface area contributed by atoms with E-state index in [1.54, 1.807) is 10.6 Å². The fourth-order valence-corrected chi connectivity index (χ4v) is 4.74. The topological polar surface area (TPSA) is 93.5 Å². The molecule has 1 fully saturated rings. The first-order valence-corrected chi connectivity index (χ1v) is 12.7. The molecule has 3 atom stereocenters. The molecule has 7 nitrogen and oxygen atoms in total. The van der Waals surface area contributed by atoms with Gasteiger partial charge in [0.25, 0.3) is 5.91 Å². The maximum absolute atomic E-state index is 13.7. The number of hydrogen-bond acceptors (Lipinski definition) is 4. The molecule has 4 rings (SSSR count). The van der Waals surface area contributed by atoms with Crippen LogP contribution in [0.4, 0.5) is 23.2 Å². The van der Waals surface area contributed by atoms with E-state index in [4.69, 9.17) is 16.3 Å². The predicted octanol–water partition coefficient (Wildman–Crippen LogP) is 6.73. The number of hydrogen-bond donors (Lipinski definition) is 2. The van der Waals surface area contributed by atoms with Crippen molar-refractivity contribution >= 4 is 29.2 Å². The highest BCUT2D eigenvalue weighted by molar-refractivity contribution is 6.29. The molecule has 2 heterocycles. The van der Waals surface area contributed by atoms with Gasteiger partial charge in [-0.1, -0.05) is 24.6 Å². The zero-order valence-corrected chi connectivity index (χ0v) is 21.8. The summed E-state index contributed by atoms with van der Waals surface area (Å²) in [5.74, 6) is -3.41. The Morgan fingerprint density at radius 2 is 1.97 bits per heavy atom. The molecular formula is C27H26ClF4N3O4. The summed E-state index contributed by atoms with van der Waals surface area (Å²) >= 11 is 5.75. The molecule has 12 heteroatoms. The number of anilines is 1. The number of carboxylic acids is 1. The smallest absolute Gasteiger partial charge is 0.418 e. The van der Waals surface area contributed by atoms with Crippen LogP contribution in [0.25, 0.3) is 0 Å². The number of alkyl halides is 3. The van der Waals surface area contributed by atoms with Gasteiger partial charge in [0.1, 0.15) is 16.6 Å². The molecule has 1 aliphatic rings. The van der Waals surface area contributed by atoms with Crippen LogP contribution in [0, 0.1) is 11.9 Å². The van der Waals surface area contributed by atoms with Crippen LogP contribution in [0.3, 0.4) is 0 Å². The van der Waals surface area contributed by atoms with Crippen LogP contribution in [0.15, 0.2) is 42.5 Å². The lowest BCUT2D eigenvalue weighted by Crippen LogP contribution is -2.22. The van der Waals surface area contributed by atoms with Crippen molar-refractivity contribution in [3.05, 3.63) is 76.1 Å². The third kappa shape index (κ3) is 6.52. The maximum atomic E-state index is 13.7. The normalized spacial score (nSPS) is 17.5. The Balaban J connectivity index is 1.57. The lowest BCUT2D eigenvalue weighted by molar-refractivity contribution is -0.139. The first kappa shape index (κ1) is 28.4. The standard InChI is InChI=1S/C27H26ClF4N3O4/c1-3-14(2)35-16(8-9-39-17-11-23(28)34-24(29)12-17)5-7-22(35)25(36)33-21-10-15(18-13-19(18)26(37)38)4-6-20(21)27(30,31)32/h4-7,10-12,14,18-19H,3,8-9,13H2,1-2H3,(H,33,36)(H,37,38)/t14?,18-,19-/m1/s1. The van der Waals surface area contributed by atoms with Crippen LogP contribution in [-0.4, -0.2) is 33.1 Å². The van der Waals surface area contributed by atoms with Gasteiger partial charge in [-0.2, -0.15) is 17.6 Å². The highest BCUT2D eigenvalue weighted by Gasteiger charge is 2.45. The number of halogens is 5. The van der Waals surface area contributed by atoms with Crippen LogP contribution < -0.4 is 10.1 Å². The largest absolute Gasteiger partial charge is 0.493 e. The number of amides is 1. The fraction of sp³-hybridized carbons (Fsp3) is 0.370. The quantitative estimate of drug-likeness (QED) is 0.209. The van der Waals surface area contributed by atoms with Crippen molar-refractivity contribution in [1.29, 1.82) is 0 Å². The second-order valence-corrected chi connectivity index (χ2v) is 9.82. The third-order valence-electron chi connectivity index (χ3n) is 6.76. The van der Waals surface area contributed by atoms with Gasteiger partial charge in [-0.05, 0) is 55.5 Å². The van der Waals surface area contributed by atoms with Crippen LogP contribution in [0.1, 0.15) is 66.0 Å². The highest BCUT2D eigenvalue weighted by Crippen LogP contribution is 2.49. The van der Waals surface area contributed by atoms with E-state index in [-0.39, 0.29) is 29.2 Å². The summed E-state index contributed by atoms with van der Waals surface area (Å²) in [6.07, 6.45) is -3.45. The third-order valence-corrected chi connectivity index (χ3v) is 6.96. The number of benzene rings is 1. The fourth-order valence-electron chi connectivity index (χ4n) is 4.55. The molecule has 39 heavy (non-hydrogen) atoms. The molecule has 1 unspecified atom stereocenters. The molecule has 1 aromatic carbocycles. The molecule has 0 saturated heterocycles. The number of carbonyl (C=O) groups is 2. The van der Waals surface area contributed by atoms with Gasteiger partial charge in [-0.25, -0.2) is 4.98 Å². The van der Waals surface area contributed by atoms with Gasteiger partial charge in [0, 0.05) is 30.3 Å². The monoisotopic (exact) mass is 567 g/mol. The van der Waals surface area contributed by atoms with Gasteiger partial charge in [-0.15, -0.1) is 0 Å². The van der Waals surface area contributed by atoms with Crippen molar-refractivity contribution in [2.45, 2.75) is 51.2 Å². The molecule has 1 saturated carbocycles. The van der Waals surface area contributed by atoms with Crippen molar-refractivity contribution < 1.29 is 37.0 Å². The molecular weight excluding hydrogens is 542 g/mol. The van der Waals surface area contributed by atoms with Gasteiger partial charge >= 0.3 is 12.1 Å². The average Bonchev–Trinajstić information content (AvgIpc) is 3.55. The summed E-state index contributed by atoms with van der Waals surface area (Å²) in [5.41, 5.74) is -0.175. The zero-order chi connectivity index (χ0) is 28.5. The predicted molar refractivity (Wildman–Crippen MR) is 136 cm³/mol. The lowest BCUT2D eigenvalue weighted by Gasteiger charge is -2.21. The van der Waals surface area contributed by atoms with Gasteiger partial charge in [0.2, 0.25) is 5.95 Å². The van der Waals surface area contributed by atoms with E-state index < -0.39 is 47.1 Å². The minimum absolute atomic E-state index is 0.0607. The number of carbonyl (C=O) groups excluding carboxylic acids is 1. The van der Waals surface area contributed by atoms with Crippen molar-refractivity contribution in [3.8, 4) is 5.75 Å². The minimum Gasteiger partial charge on any atom is -0.493 e. The van der Waals surface area contributed by atoms with Gasteiger partial charge in [-0.3, -0.25) is 9.59 Å². The van der Waals surface area contributed by atoms with E-state index >= 15 is 0 Å². The number of aliphatic carboxylic acids is 1. The summed E-state index contributed by atoms with van der Waals surface area (Å²) in [4.78, 5) is 28.0. The molecule has 2 N–H and O–H groups in total. The summed E-state index contributed by atoms with van der Waals surface area (Å²) in [7, 11) is 0. The number of aromatic nitrogens is 2. The Morgan fingerprint density at radius 1 is 1.23 bits per heavy atom. The Hall–Kier alpha value is -3.60. The molecule has 0 spiro atoms. The number of pyridine rings is 1. The van der Waals surface area contributed by atoms with Crippen LogP contribution in [0.2, 0.25) is 5.15 Å². The van der Waals surface area contributed by atoms with Crippen LogP contribution in [0.5, 0.6) is 5.75 Å². The van der Waals surface area contributed by atoms with E-state index in [1.807, 2.05) is 13.8 Å². The van der Waals surface area contributed by atoms with Crippen molar-refractivity contribution in [2.75, 3.05) is 11.9 Å². The zero-order valence-electron chi connectivity index (χ0n) is 21.1. The second-order valence-electron chi connectivity index (χ2n) is 9.43. The summed E-state index contributed by atoms with van der Waals surface area (Å²) in [6, 6.07) is 8.83. The number of ether oxygens (including phenoxy) is 1. The Kier molecular flexibility index (Phi) is 8.20. The Morgan fingerprint density at radius 3 is 2.59 bits per heavy atom. The van der Waals surface area contributed by atoms with Crippen LogP contribution >= 0.6 is 11.6 Å². The number of nitrogens with one attached hydrogen (secondary N) is 1. The van der Waals surface area contributed by atoms with Gasteiger partial charge in [0.05, 0.1) is 23.8 Å². The second kappa shape index (κ2) is 11.3. The summed E-state index contributed by atoms with van der Waals surface area (Å²) < 4.78 is 62.0. The number of rotatable bonds is 10. The Bertz CT molecular complexity index is 1370. The first-order valence-electron chi connectivity index (χ1n) is 12.3. The molecule has 2 aromatic heterocycles. The number of carboxylic acid groups (broad SMARTS) is 1. The molecule has 1 aliphatic carbocycles. The first-order chi connectivity index (χ1) is 18.4. The van der Waals surface area contributed by atoms with Gasteiger partial charge in [0.15, 0.2) is 0 Å². The van der Waals surface area contributed by atoms with E-state index in [0.29, 0.717) is 30.5 Å². The minimum atomic E-state index is -4.73. The van der Waals surface area contributed by atoms with Crippen molar-refractivity contribution in [2.24, 2.45) is 5.92 Å². The Labute approximate surface area is 226 Å². The van der Waals surface area contributed by atoms with Crippen molar-refractivity contribution in [3.63, 3.8) is 0 Å². The molecule has 0 aliphatic heterocycles. The molecule has 208 valence electrons. The van der Waals surface area contributed by atoms with Gasteiger partial charge < -0.3 is 19.7 Å². The molecule has 3 aromatic rings. The molecule has 1 amide bonds. The van der Waals surface area contributed by atoms with E-state index in [0.717, 1.165) is 12.1 Å². The van der Waals surface area contributed by atoms with E-state index in [1.165, 1.54) is 24.3 Å². The van der Waals surface area contributed by atoms with E-state index in [9.17, 15) is 32.3 Å². The average molecular weight is 568 g/mol. The number of nitrogens with zero attached hydrogens (tertiary/aromatic N) is 2. The van der Waals surface area contributed by atoms with Crippen molar-refractivity contribution in [1.82, 2.24) is 9.55 Å². The molecule has 0 radical (unpaired) electrons. The summed E-state index contributed by atoms with van der Waals surface area (Å²) in [6.45, 7) is 3.90. The molecule has 0 bridgehead atoms. The maximum Gasteiger partial charge on any atom is 0.418 e. The highest BCUT2D eigenvalue weighted by atomic mass is 35.5. The van der Waals surface area contributed by atoms with Crippen LogP contribution in [-0.2, 0) is 17.4 Å². The SMILES string of the molecule is CCC(C)n1c(CCOc2cc(F)nc(Cl)c2)ccc1C(=O)Nc1cc([C@H]2C[C@H]2C(=O)O)ccc1C(F)(F)F. The van der Waals surface area contributed by atoms with E-state index in [2.05, 4.69) is 10.3 Å². The lowest BCUT2D eigenvalue weighted by atomic mass is 10.0. The summed E-state index contributed by atoms with van der Waals surface area (Å²) in [5, 5.41) is 11.5.